The first kappa shape index (κ1) is 20.7. The predicted molar refractivity (Wildman–Crippen MR) is 95.5 cm³/mol. The van der Waals surface area contributed by atoms with Crippen LogP contribution in [0.4, 0.5) is 0 Å². The average Bonchev–Trinajstić information content (AvgIpc) is 3.22. The van der Waals surface area contributed by atoms with E-state index in [-0.39, 0.29) is 41.6 Å². The SMILES string of the molecule is CC(CS(C)(=O)=O)N(C(=O)CC1(CN)CCCCC1)C1CC1.Cl. The Hall–Kier alpha value is -0.330. The van der Waals surface area contributed by atoms with Gasteiger partial charge >= 0.3 is 0 Å². The Labute approximate surface area is 146 Å². The number of rotatable bonds is 7. The summed E-state index contributed by atoms with van der Waals surface area (Å²) in [6.07, 6.45) is 9.27. The molecule has 0 aliphatic heterocycles. The highest BCUT2D eigenvalue weighted by molar-refractivity contribution is 7.90. The lowest BCUT2D eigenvalue weighted by molar-refractivity contribution is -0.136. The van der Waals surface area contributed by atoms with E-state index in [1.54, 1.807) is 0 Å². The molecule has 2 rings (SSSR count). The fourth-order valence-electron chi connectivity index (χ4n) is 3.85. The average molecular weight is 367 g/mol. The summed E-state index contributed by atoms with van der Waals surface area (Å²) in [4.78, 5) is 14.7. The molecule has 23 heavy (non-hydrogen) atoms. The zero-order valence-electron chi connectivity index (χ0n) is 14.3. The van der Waals surface area contributed by atoms with E-state index in [9.17, 15) is 13.2 Å². The van der Waals surface area contributed by atoms with Gasteiger partial charge in [0.25, 0.3) is 0 Å². The molecule has 1 amide bonds. The second kappa shape index (κ2) is 8.17. The molecule has 0 aromatic carbocycles. The first-order valence-electron chi connectivity index (χ1n) is 8.45. The second-order valence-electron chi connectivity index (χ2n) is 7.42. The van der Waals surface area contributed by atoms with E-state index in [2.05, 4.69) is 0 Å². The lowest BCUT2D eigenvalue weighted by Gasteiger charge is -2.38. The Bertz CT molecular complexity index is 499. The van der Waals surface area contributed by atoms with Crippen LogP contribution >= 0.6 is 12.4 Å². The van der Waals surface area contributed by atoms with Gasteiger partial charge < -0.3 is 10.6 Å². The number of halogens is 1. The van der Waals surface area contributed by atoms with Gasteiger partial charge in [-0.25, -0.2) is 8.42 Å². The molecule has 1 atom stereocenters. The first-order chi connectivity index (χ1) is 10.3. The second-order valence-corrected chi connectivity index (χ2v) is 9.60. The molecule has 0 bridgehead atoms. The van der Waals surface area contributed by atoms with Gasteiger partial charge in [-0.05, 0) is 44.6 Å². The van der Waals surface area contributed by atoms with Gasteiger partial charge in [-0.3, -0.25) is 4.79 Å². The van der Waals surface area contributed by atoms with Crippen LogP contribution in [0, 0.1) is 5.41 Å². The third-order valence-electron chi connectivity index (χ3n) is 5.12. The normalized spacial score (nSPS) is 22.0. The van der Waals surface area contributed by atoms with Crippen LogP contribution in [-0.4, -0.2) is 49.9 Å². The zero-order chi connectivity index (χ0) is 16.4. The Morgan fingerprint density at radius 1 is 1.26 bits per heavy atom. The largest absolute Gasteiger partial charge is 0.336 e. The number of carbonyl (C=O) groups is 1. The summed E-state index contributed by atoms with van der Waals surface area (Å²) in [5.41, 5.74) is 5.93. The number of amides is 1. The van der Waals surface area contributed by atoms with Crippen molar-refractivity contribution < 1.29 is 13.2 Å². The molecule has 5 nitrogen and oxygen atoms in total. The van der Waals surface area contributed by atoms with Gasteiger partial charge in [-0.1, -0.05) is 19.3 Å². The van der Waals surface area contributed by atoms with Crippen LogP contribution < -0.4 is 5.73 Å². The maximum absolute atomic E-state index is 12.9. The quantitative estimate of drug-likeness (QED) is 0.748. The lowest BCUT2D eigenvalue weighted by Crippen LogP contribution is -2.47. The molecule has 2 saturated carbocycles. The first-order valence-corrected chi connectivity index (χ1v) is 10.5. The molecule has 0 spiro atoms. The molecule has 2 aliphatic carbocycles. The van der Waals surface area contributed by atoms with Gasteiger partial charge in [0.05, 0.1) is 5.75 Å². The van der Waals surface area contributed by atoms with Crippen molar-refractivity contribution in [2.45, 2.75) is 70.4 Å². The summed E-state index contributed by atoms with van der Waals surface area (Å²) >= 11 is 0. The fourth-order valence-corrected chi connectivity index (χ4v) is 4.88. The maximum atomic E-state index is 12.9. The summed E-state index contributed by atoms with van der Waals surface area (Å²) in [5.74, 6) is 0.149. The van der Waals surface area contributed by atoms with Crippen molar-refractivity contribution in [1.29, 1.82) is 0 Å². The highest BCUT2D eigenvalue weighted by Gasteiger charge is 2.40. The molecule has 0 aromatic heterocycles. The molecular formula is C16H31ClN2O3S. The van der Waals surface area contributed by atoms with Gasteiger partial charge in [-0.15, -0.1) is 12.4 Å². The number of carbonyl (C=O) groups excluding carboxylic acids is 1. The molecule has 0 heterocycles. The highest BCUT2D eigenvalue weighted by atomic mass is 35.5. The Morgan fingerprint density at radius 3 is 2.26 bits per heavy atom. The van der Waals surface area contributed by atoms with Gasteiger partial charge in [-0.2, -0.15) is 0 Å². The Balaban J connectivity index is 0.00000264. The minimum absolute atomic E-state index is 0. The van der Waals surface area contributed by atoms with E-state index in [0.29, 0.717) is 13.0 Å². The van der Waals surface area contributed by atoms with E-state index in [0.717, 1.165) is 38.5 Å². The van der Waals surface area contributed by atoms with Gasteiger partial charge in [0.15, 0.2) is 0 Å². The van der Waals surface area contributed by atoms with E-state index in [1.807, 2.05) is 11.8 Å². The van der Waals surface area contributed by atoms with Crippen LogP contribution in [0.5, 0.6) is 0 Å². The Kier molecular flexibility index (Phi) is 7.36. The van der Waals surface area contributed by atoms with Gasteiger partial charge in [0.1, 0.15) is 9.84 Å². The summed E-state index contributed by atoms with van der Waals surface area (Å²) in [6.45, 7) is 2.41. The van der Waals surface area contributed by atoms with Crippen LogP contribution in [0.25, 0.3) is 0 Å². The van der Waals surface area contributed by atoms with Crippen LogP contribution in [0.3, 0.4) is 0 Å². The zero-order valence-corrected chi connectivity index (χ0v) is 15.9. The molecular weight excluding hydrogens is 336 g/mol. The highest BCUT2D eigenvalue weighted by Crippen LogP contribution is 2.40. The molecule has 2 fully saturated rings. The van der Waals surface area contributed by atoms with Crippen molar-refractivity contribution in [2.75, 3.05) is 18.6 Å². The molecule has 1 unspecified atom stereocenters. The van der Waals surface area contributed by atoms with Crippen molar-refractivity contribution >= 4 is 28.2 Å². The topological polar surface area (TPSA) is 80.5 Å². The van der Waals surface area contributed by atoms with Gasteiger partial charge in [0.2, 0.25) is 5.91 Å². The minimum atomic E-state index is -3.08. The monoisotopic (exact) mass is 366 g/mol. The van der Waals surface area contributed by atoms with Crippen LogP contribution in [0.15, 0.2) is 0 Å². The standard InChI is InChI=1S/C16H30N2O3S.ClH/c1-13(11-22(2,20)21)18(14-6-7-14)15(19)10-16(12-17)8-4-3-5-9-16;/h13-14H,3-12,17H2,1-2H3;1H. The molecule has 2 N–H and O–H groups in total. The van der Waals surface area contributed by atoms with Crippen molar-refractivity contribution in [3.63, 3.8) is 0 Å². The van der Waals surface area contributed by atoms with Crippen molar-refractivity contribution in [3.05, 3.63) is 0 Å². The lowest BCUT2D eigenvalue weighted by atomic mass is 9.71. The summed E-state index contributed by atoms with van der Waals surface area (Å²) in [5, 5.41) is 0. The fraction of sp³-hybridized carbons (Fsp3) is 0.938. The molecule has 7 heteroatoms. The number of hydrogen-bond acceptors (Lipinski definition) is 4. The van der Waals surface area contributed by atoms with Gasteiger partial charge in [0, 0.05) is 24.8 Å². The minimum Gasteiger partial charge on any atom is -0.336 e. The van der Waals surface area contributed by atoms with Crippen LogP contribution in [0.1, 0.15) is 58.3 Å². The summed E-state index contributed by atoms with van der Waals surface area (Å²) in [7, 11) is -3.08. The van der Waals surface area contributed by atoms with Crippen molar-refractivity contribution in [1.82, 2.24) is 4.90 Å². The summed E-state index contributed by atoms with van der Waals surface area (Å²) in [6, 6.07) is -0.00363. The molecule has 2 aliphatic rings. The van der Waals surface area contributed by atoms with E-state index in [4.69, 9.17) is 5.73 Å². The van der Waals surface area contributed by atoms with E-state index in [1.165, 1.54) is 12.7 Å². The third kappa shape index (κ3) is 5.91. The van der Waals surface area contributed by atoms with Crippen LogP contribution in [0.2, 0.25) is 0 Å². The molecule has 136 valence electrons. The van der Waals surface area contributed by atoms with Crippen molar-refractivity contribution in [2.24, 2.45) is 11.1 Å². The molecule has 0 aromatic rings. The number of nitrogens with two attached hydrogens (primary N) is 1. The summed E-state index contributed by atoms with van der Waals surface area (Å²) < 4.78 is 23.1. The molecule has 0 saturated heterocycles. The Morgan fingerprint density at radius 2 is 1.83 bits per heavy atom. The van der Waals surface area contributed by atoms with E-state index < -0.39 is 9.84 Å². The predicted octanol–water partition coefficient (Wildman–Crippen LogP) is 2.13. The number of nitrogens with zero attached hydrogens (tertiary/aromatic N) is 1. The maximum Gasteiger partial charge on any atom is 0.223 e. The van der Waals surface area contributed by atoms with Crippen molar-refractivity contribution in [3.8, 4) is 0 Å². The molecule has 0 radical (unpaired) electrons. The number of hydrogen-bond donors (Lipinski definition) is 1. The smallest absolute Gasteiger partial charge is 0.223 e. The van der Waals surface area contributed by atoms with Crippen LogP contribution in [-0.2, 0) is 14.6 Å². The van der Waals surface area contributed by atoms with E-state index >= 15 is 0 Å². The number of sulfone groups is 1. The third-order valence-corrected chi connectivity index (χ3v) is 6.21.